The first-order valence-corrected chi connectivity index (χ1v) is 13.2. The molecule has 6 nitrogen and oxygen atoms in total. The molecule has 1 atom stereocenters. The number of rotatable bonds is 4. The number of hydrogen-bond acceptors (Lipinski definition) is 4. The number of benzene rings is 1. The quantitative estimate of drug-likeness (QED) is 0.578. The largest absolute Gasteiger partial charge is 0.416 e. The molecule has 1 N–H and O–H groups in total. The number of halogens is 3. The lowest BCUT2D eigenvalue weighted by Crippen LogP contribution is -2.50. The van der Waals surface area contributed by atoms with Crippen molar-refractivity contribution in [3.8, 4) is 0 Å². The molecule has 1 unspecified atom stereocenters. The topological polar surface area (TPSA) is 60.3 Å². The summed E-state index contributed by atoms with van der Waals surface area (Å²) in [5.74, 6) is 1.47. The van der Waals surface area contributed by atoms with Crippen LogP contribution in [0, 0.1) is 17.8 Å². The molecule has 2 aliphatic carbocycles. The van der Waals surface area contributed by atoms with Crippen molar-refractivity contribution in [3.05, 3.63) is 54.1 Å². The van der Waals surface area contributed by atoms with Crippen LogP contribution in [-0.4, -0.2) is 60.2 Å². The fraction of sp³-hybridized carbons (Fsp3) is 0.481. The van der Waals surface area contributed by atoms with Crippen LogP contribution in [0.1, 0.15) is 31.2 Å². The van der Waals surface area contributed by atoms with Crippen LogP contribution in [0.5, 0.6) is 0 Å². The zero-order valence-electron chi connectivity index (χ0n) is 20.5. The van der Waals surface area contributed by atoms with E-state index in [4.69, 9.17) is 17.2 Å². The van der Waals surface area contributed by atoms with Crippen molar-refractivity contribution in [1.29, 1.82) is 0 Å². The molecule has 1 saturated heterocycles. The Morgan fingerprint density at radius 2 is 1.86 bits per heavy atom. The van der Waals surface area contributed by atoms with Crippen LogP contribution in [0.4, 0.5) is 18.9 Å². The van der Waals surface area contributed by atoms with E-state index in [2.05, 4.69) is 16.4 Å². The molecule has 1 saturated carbocycles. The third-order valence-electron chi connectivity index (χ3n) is 7.61. The standard InChI is InChI=1S/C27H30F3N5OS/c28-27(29,30)20-4-3-5-21(16-20)34-12-14-35(15-13-34)25(36)19-10-8-18(9-11-19)17-31-24-22-6-1-2-7-23(22)32-26(37)33-24/h1-7,16,18-19,22H,8-15,17H2,(H,31,33,37). The average molecular weight is 530 g/mol. The molecular weight excluding hydrogens is 499 g/mol. The molecular formula is C27H30F3N5OS. The third kappa shape index (κ3) is 5.95. The van der Waals surface area contributed by atoms with Gasteiger partial charge in [-0.05, 0) is 68.1 Å². The third-order valence-corrected chi connectivity index (χ3v) is 7.80. The molecule has 5 rings (SSSR count). The summed E-state index contributed by atoms with van der Waals surface area (Å²) in [4.78, 5) is 26.2. The fourth-order valence-corrected chi connectivity index (χ4v) is 5.69. The molecule has 0 aromatic heterocycles. The van der Waals surface area contributed by atoms with Gasteiger partial charge in [0.2, 0.25) is 5.91 Å². The van der Waals surface area contributed by atoms with Gasteiger partial charge in [-0.15, -0.1) is 0 Å². The second kappa shape index (κ2) is 10.8. The summed E-state index contributed by atoms with van der Waals surface area (Å²) in [6.07, 6.45) is 7.18. The van der Waals surface area contributed by atoms with E-state index in [-0.39, 0.29) is 17.7 Å². The van der Waals surface area contributed by atoms with E-state index < -0.39 is 11.7 Å². The van der Waals surface area contributed by atoms with Crippen molar-refractivity contribution in [2.75, 3.05) is 37.6 Å². The molecule has 2 aliphatic heterocycles. The average Bonchev–Trinajstić information content (AvgIpc) is 2.91. The van der Waals surface area contributed by atoms with Crippen LogP contribution in [0.25, 0.3) is 0 Å². The van der Waals surface area contributed by atoms with Crippen molar-refractivity contribution in [2.45, 2.75) is 31.9 Å². The van der Waals surface area contributed by atoms with E-state index in [1.54, 1.807) is 6.07 Å². The Bertz CT molecular complexity index is 1160. The second-order valence-corrected chi connectivity index (χ2v) is 10.4. The van der Waals surface area contributed by atoms with Gasteiger partial charge in [0.15, 0.2) is 5.11 Å². The predicted octanol–water partition coefficient (Wildman–Crippen LogP) is 4.63. The number of anilines is 1. The number of piperazine rings is 1. The number of carbonyl (C=O) groups is 1. The van der Waals surface area contributed by atoms with Gasteiger partial charge in [-0.3, -0.25) is 9.79 Å². The van der Waals surface area contributed by atoms with Crippen molar-refractivity contribution in [3.63, 3.8) is 0 Å². The monoisotopic (exact) mass is 529 g/mol. The zero-order chi connectivity index (χ0) is 26.0. The minimum atomic E-state index is -4.36. The SMILES string of the molecule is O=C(C1CCC(CN=C2NC(=S)N=C3C=CC=CC32)CC1)N1CCN(c2cccc(C(F)(F)F)c2)CC1. The highest BCUT2D eigenvalue weighted by Crippen LogP contribution is 2.33. The fourth-order valence-electron chi connectivity index (χ4n) is 5.48. The summed E-state index contributed by atoms with van der Waals surface area (Å²) in [5, 5.41) is 3.58. The number of nitrogens with one attached hydrogen (secondary N) is 1. The van der Waals surface area contributed by atoms with Gasteiger partial charge in [0.25, 0.3) is 0 Å². The van der Waals surface area contributed by atoms with Crippen molar-refractivity contribution in [2.24, 2.45) is 27.7 Å². The van der Waals surface area contributed by atoms with Crippen molar-refractivity contribution in [1.82, 2.24) is 10.2 Å². The lowest BCUT2D eigenvalue weighted by molar-refractivity contribution is -0.138. The van der Waals surface area contributed by atoms with Gasteiger partial charge < -0.3 is 15.1 Å². The Kier molecular flexibility index (Phi) is 7.46. The van der Waals surface area contributed by atoms with Gasteiger partial charge in [-0.1, -0.05) is 24.3 Å². The lowest BCUT2D eigenvalue weighted by Gasteiger charge is -2.39. The number of nitrogens with zero attached hydrogens (tertiary/aromatic N) is 4. The van der Waals surface area contributed by atoms with Gasteiger partial charge in [0.05, 0.1) is 17.2 Å². The first-order chi connectivity index (χ1) is 17.8. The summed E-state index contributed by atoms with van der Waals surface area (Å²) in [5.41, 5.74) is 0.816. The number of allylic oxidation sites excluding steroid dienone is 3. The van der Waals surface area contributed by atoms with Crippen LogP contribution in [0.15, 0.2) is 58.6 Å². The molecule has 10 heteroatoms. The number of fused-ring (bicyclic) bond motifs is 1. The summed E-state index contributed by atoms with van der Waals surface area (Å²) in [7, 11) is 0. The maximum atomic E-state index is 13.2. The summed E-state index contributed by atoms with van der Waals surface area (Å²) >= 11 is 5.26. The molecule has 4 aliphatic rings. The molecule has 196 valence electrons. The van der Waals surface area contributed by atoms with Gasteiger partial charge in [-0.25, -0.2) is 4.99 Å². The van der Waals surface area contributed by atoms with E-state index in [1.807, 2.05) is 28.0 Å². The smallest absolute Gasteiger partial charge is 0.368 e. The number of amides is 1. The molecule has 1 amide bonds. The molecule has 0 bridgehead atoms. The van der Waals surface area contributed by atoms with E-state index in [1.165, 1.54) is 12.1 Å². The van der Waals surface area contributed by atoms with Crippen LogP contribution in [0.2, 0.25) is 0 Å². The summed E-state index contributed by atoms with van der Waals surface area (Å²) < 4.78 is 39.2. The minimum absolute atomic E-state index is 0.00884. The maximum absolute atomic E-state index is 13.2. The Morgan fingerprint density at radius 3 is 2.59 bits per heavy atom. The van der Waals surface area contributed by atoms with E-state index in [9.17, 15) is 18.0 Å². The van der Waals surface area contributed by atoms with Gasteiger partial charge in [0.1, 0.15) is 5.84 Å². The van der Waals surface area contributed by atoms with Crippen molar-refractivity contribution >= 4 is 40.5 Å². The van der Waals surface area contributed by atoms with Crippen LogP contribution < -0.4 is 10.2 Å². The van der Waals surface area contributed by atoms with Crippen LogP contribution in [0.3, 0.4) is 0 Å². The molecule has 2 fully saturated rings. The van der Waals surface area contributed by atoms with Gasteiger partial charge in [0, 0.05) is 44.3 Å². The number of thiocarbonyl (C=S) groups is 1. The lowest BCUT2D eigenvalue weighted by atomic mass is 9.81. The molecule has 0 radical (unpaired) electrons. The van der Waals surface area contributed by atoms with Crippen LogP contribution in [-0.2, 0) is 11.0 Å². The maximum Gasteiger partial charge on any atom is 0.416 e. The highest BCUT2D eigenvalue weighted by Gasteiger charge is 2.33. The van der Waals surface area contributed by atoms with Crippen molar-refractivity contribution < 1.29 is 18.0 Å². The summed E-state index contributed by atoms with van der Waals surface area (Å²) in [6, 6.07) is 5.41. The first-order valence-electron chi connectivity index (χ1n) is 12.8. The number of amidine groups is 1. The number of aliphatic imine (C=N–C) groups is 2. The number of alkyl halides is 3. The Morgan fingerprint density at radius 1 is 1.11 bits per heavy atom. The summed E-state index contributed by atoms with van der Waals surface area (Å²) in [6.45, 7) is 2.82. The minimum Gasteiger partial charge on any atom is -0.368 e. The van der Waals surface area contributed by atoms with E-state index in [0.717, 1.165) is 43.3 Å². The zero-order valence-corrected chi connectivity index (χ0v) is 21.3. The second-order valence-electron chi connectivity index (χ2n) is 9.99. The molecule has 1 aromatic carbocycles. The highest BCUT2D eigenvalue weighted by molar-refractivity contribution is 7.80. The number of carbonyl (C=O) groups excluding carboxylic acids is 1. The predicted molar refractivity (Wildman–Crippen MR) is 143 cm³/mol. The van der Waals surface area contributed by atoms with Gasteiger partial charge in [-0.2, -0.15) is 13.2 Å². The molecule has 37 heavy (non-hydrogen) atoms. The van der Waals surface area contributed by atoms with E-state index >= 15 is 0 Å². The normalized spacial score (nSPS) is 27.1. The first kappa shape index (κ1) is 25.6. The van der Waals surface area contributed by atoms with E-state index in [0.29, 0.717) is 49.4 Å². The Labute approximate surface area is 220 Å². The van der Waals surface area contributed by atoms with Crippen LogP contribution >= 0.6 is 12.2 Å². The number of hydrogen-bond donors (Lipinski definition) is 1. The molecule has 2 heterocycles. The van der Waals surface area contributed by atoms with Gasteiger partial charge >= 0.3 is 6.18 Å². The Hall–Kier alpha value is -3.01. The Balaban J connectivity index is 1.10. The molecule has 1 aromatic rings. The molecule has 0 spiro atoms. The highest BCUT2D eigenvalue weighted by atomic mass is 32.1.